The van der Waals surface area contributed by atoms with Crippen LogP contribution in [0, 0.1) is 34.5 Å². The lowest BCUT2D eigenvalue weighted by Gasteiger charge is -2.62. The minimum Gasteiger partial charge on any atom is -0.393 e. The Morgan fingerprint density at radius 2 is 1.79 bits per heavy atom. The van der Waals surface area contributed by atoms with E-state index in [2.05, 4.69) is 39.1 Å². The molecule has 3 nitrogen and oxygen atoms in total. The Hall–Kier alpha value is -0.380. The van der Waals surface area contributed by atoms with Crippen molar-refractivity contribution in [3.8, 4) is 0 Å². The molecule has 4 aliphatic rings. The van der Waals surface area contributed by atoms with Crippen LogP contribution in [0.5, 0.6) is 0 Å². The van der Waals surface area contributed by atoms with Gasteiger partial charge in [0.15, 0.2) is 0 Å². The van der Waals surface area contributed by atoms with Crippen molar-refractivity contribution in [3.05, 3.63) is 11.6 Å². The average molecular weight is 404 g/mol. The summed E-state index contributed by atoms with van der Waals surface area (Å²) in [5.41, 5.74) is 1.04. The highest BCUT2D eigenvalue weighted by Gasteiger charge is 2.67. The molecule has 4 aliphatic carbocycles. The monoisotopic (exact) mass is 403 g/mol. The van der Waals surface area contributed by atoms with Crippen LogP contribution >= 0.6 is 0 Å². The molecule has 3 N–H and O–H groups in total. The Balaban J connectivity index is 1.68. The van der Waals surface area contributed by atoms with Crippen LogP contribution in [0.25, 0.3) is 0 Å². The minimum absolute atomic E-state index is 0.130. The molecule has 0 aromatic carbocycles. The molecule has 0 spiro atoms. The largest absolute Gasteiger partial charge is 0.393 e. The van der Waals surface area contributed by atoms with E-state index in [-0.39, 0.29) is 22.5 Å². The van der Waals surface area contributed by atoms with E-state index in [1.165, 1.54) is 25.7 Å². The third-order valence-electron chi connectivity index (χ3n) is 10.1. The second kappa shape index (κ2) is 7.07. The fraction of sp³-hybridized carbons (Fsp3) is 0.923. The first-order valence-electron chi connectivity index (χ1n) is 12.3. The predicted octanol–water partition coefficient (Wildman–Crippen LogP) is 5.07. The molecule has 3 fully saturated rings. The van der Waals surface area contributed by atoms with E-state index >= 15 is 0 Å². The van der Waals surface area contributed by atoms with E-state index in [1.807, 2.05) is 13.8 Å². The Bertz CT molecular complexity index is 664. The lowest BCUT2D eigenvalue weighted by molar-refractivity contribution is -0.125. The Labute approximate surface area is 178 Å². The number of nitrogens with one attached hydrogen (secondary N) is 1. The first-order chi connectivity index (χ1) is 13.4. The number of rotatable bonds is 4. The number of fused-ring (bicyclic) bond motifs is 5. The SMILES string of the molecule is CC(C)CN[C@]1(C(C)(C)O)CC[C@H]2[C@@H]3CC=C4C[C@@H](O)CC[C@]4(C)[C@H]3CC[C@@]21C. The van der Waals surface area contributed by atoms with Crippen molar-refractivity contribution in [1.82, 2.24) is 5.32 Å². The van der Waals surface area contributed by atoms with Gasteiger partial charge in [-0.25, -0.2) is 0 Å². The van der Waals surface area contributed by atoms with Crippen LogP contribution in [-0.2, 0) is 0 Å². The zero-order chi connectivity index (χ0) is 21.2. The van der Waals surface area contributed by atoms with Crippen LogP contribution in [0.4, 0.5) is 0 Å². The van der Waals surface area contributed by atoms with Crippen LogP contribution in [0.2, 0.25) is 0 Å². The van der Waals surface area contributed by atoms with Crippen molar-refractivity contribution in [2.45, 2.75) is 110 Å². The van der Waals surface area contributed by atoms with Gasteiger partial charge in [-0.2, -0.15) is 0 Å². The molecule has 3 saturated carbocycles. The van der Waals surface area contributed by atoms with E-state index in [4.69, 9.17) is 0 Å². The Morgan fingerprint density at radius 3 is 2.45 bits per heavy atom. The topological polar surface area (TPSA) is 52.5 Å². The molecule has 0 radical (unpaired) electrons. The van der Waals surface area contributed by atoms with Gasteiger partial charge in [-0.3, -0.25) is 0 Å². The van der Waals surface area contributed by atoms with Gasteiger partial charge in [0.2, 0.25) is 0 Å². The lowest BCUT2D eigenvalue weighted by atomic mass is 9.45. The van der Waals surface area contributed by atoms with E-state index in [1.54, 1.807) is 5.57 Å². The Morgan fingerprint density at radius 1 is 1.10 bits per heavy atom. The van der Waals surface area contributed by atoms with Crippen molar-refractivity contribution in [2.75, 3.05) is 6.54 Å². The summed E-state index contributed by atoms with van der Waals surface area (Å²) in [4.78, 5) is 0. The van der Waals surface area contributed by atoms with Gasteiger partial charge < -0.3 is 15.5 Å². The molecular weight excluding hydrogens is 358 g/mol. The maximum absolute atomic E-state index is 11.4. The van der Waals surface area contributed by atoms with E-state index in [0.29, 0.717) is 11.8 Å². The molecule has 0 aromatic heterocycles. The van der Waals surface area contributed by atoms with Gasteiger partial charge >= 0.3 is 0 Å². The summed E-state index contributed by atoms with van der Waals surface area (Å²) in [5.74, 6) is 2.73. The van der Waals surface area contributed by atoms with Crippen LogP contribution in [0.3, 0.4) is 0 Å². The van der Waals surface area contributed by atoms with Gasteiger partial charge in [0.1, 0.15) is 0 Å². The number of allylic oxidation sites excluding steroid dienone is 1. The molecule has 3 heteroatoms. The molecule has 29 heavy (non-hydrogen) atoms. The van der Waals surface area contributed by atoms with Gasteiger partial charge in [0.05, 0.1) is 17.2 Å². The molecule has 0 amide bonds. The van der Waals surface area contributed by atoms with Gasteiger partial charge in [0.25, 0.3) is 0 Å². The first kappa shape index (κ1) is 21.8. The zero-order valence-corrected chi connectivity index (χ0v) is 19.7. The summed E-state index contributed by atoms with van der Waals surface area (Å²) in [6, 6.07) is 0. The highest BCUT2D eigenvalue weighted by molar-refractivity contribution is 5.28. The summed E-state index contributed by atoms with van der Waals surface area (Å²) < 4.78 is 0. The van der Waals surface area contributed by atoms with Gasteiger partial charge in [-0.15, -0.1) is 0 Å². The van der Waals surface area contributed by atoms with Crippen molar-refractivity contribution >= 4 is 0 Å². The fourth-order valence-electron chi connectivity index (χ4n) is 8.57. The molecule has 4 rings (SSSR count). The summed E-state index contributed by atoms with van der Waals surface area (Å²) in [6.07, 6.45) is 11.3. The summed E-state index contributed by atoms with van der Waals surface area (Å²) >= 11 is 0. The van der Waals surface area contributed by atoms with Crippen LogP contribution in [0.15, 0.2) is 11.6 Å². The first-order valence-corrected chi connectivity index (χ1v) is 12.3. The smallest absolute Gasteiger partial charge is 0.0777 e. The molecule has 7 atom stereocenters. The quantitative estimate of drug-likeness (QED) is 0.575. The van der Waals surface area contributed by atoms with Crippen molar-refractivity contribution in [3.63, 3.8) is 0 Å². The minimum atomic E-state index is -0.729. The zero-order valence-electron chi connectivity index (χ0n) is 19.7. The number of hydrogen-bond acceptors (Lipinski definition) is 3. The van der Waals surface area contributed by atoms with Gasteiger partial charge in [-0.1, -0.05) is 39.3 Å². The standard InChI is InChI=1S/C26H45NO2/c1-17(2)16-27-26(23(3,4)29)14-11-22-20-8-7-18-15-19(28)9-12-24(18,5)21(20)10-13-25(22,26)6/h7,17,19-22,27-29H,8-16H2,1-6H3/t19-,20+,21-,22-,24-,25-,26-/m0/s1. The molecule has 0 aliphatic heterocycles. The number of aliphatic hydroxyl groups is 2. The molecule has 0 unspecified atom stereocenters. The van der Waals surface area contributed by atoms with Crippen molar-refractivity contribution in [2.24, 2.45) is 34.5 Å². The lowest BCUT2D eigenvalue weighted by Crippen LogP contribution is -2.69. The Kier molecular flexibility index (Phi) is 5.32. The second-order valence-electron chi connectivity index (χ2n) is 12.4. The molecular formula is C26H45NO2. The van der Waals surface area contributed by atoms with Crippen molar-refractivity contribution in [1.29, 1.82) is 0 Å². The average Bonchev–Trinajstić information content (AvgIpc) is 2.94. The number of aliphatic hydroxyl groups excluding tert-OH is 1. The normalized spacial score (nSPS) is 47.4. The summed E-state index contributed by atoms with van der Waals surface area (Å²) in [5, 5.41) is 25.6. The highest BCUT2D eigenvalue weighted by atomic mass is 16.3. The fourth-order valence-corrected chi connectivity index (χ4v) is 8.57. The molecule has 0 saturated heterocycles. The van der Waals surface area contributed by atoms with Crippen LogP contribution in [-0.4, -0.2) is 34.0 Å². The molecule has 0 aromatic rings. The van der Waals surface area contributed by atoms with E-state index in [9.17, 15) is 10.2 Å². The maximum atomic E-state index is 11.4. The van der Waals surface area contributed by atoms with Gasteiger partial charge in [0, 0.05) is 0 Å². The third kappa shape index (κ3) is 3.09. The summed E-state index contributed by atoms with van der Waals surface area (Å²) in [6.45, 7) is 14.6. The van der Waals surface area contributed by atoms with E-state index in [0.717, 1.165) is 44.1 Å². The third-order valence-corrected chi connectivity index (χ3v) is 10.1. The second-order valence-corrected chi connectivity index (χ2v) is 12.4. The number of hydrogen-bond donors (Lipinski definition) is 3. The molecule has 0 heterocycles. The van der Waals surface area contributed by atoms with Crippen molar-refractivity contribution < 1.29 is 10.2 Å². The summed E-state index contributed by atoms with van der Waals surface area (Å²) in [7, 11) is 0. The highest BCUT2D eigenvalue weighted by Crippen LogP contribution is 2.68. The van der Waals surface area contributed by atoms with Crippen LogP contribution < -0.4 is 5.32 Å². The van der Waals surface area contributed by atoms with Gasteiger partial charge in [-0.05, 0) is 106 Å². The molecule has 166 valence electrons. The van der Waals surface area contributed by atoms with Crippen LogP contribution in [0.1, 0.15) is 92.9 Å². The predicted molar refractivity (Wildman–Crippen MR) is 120 cm³/mol. The maximum Gasteiger partial charge on any atom is 0.0777 e. The molecule has 0 bridgehead atoms. The van der Waals surface area contributed by atoms with E-state index < -0.39 is 5.60 Å².